The largest absolute Gasteiger partial charge is 0.450 e. The van der Waals surface area contributed by atoms with Gasteiger partial charge >= 0.3 is 6.09 Å². The number of hydrogen-bond donors (Lipinski definition) is 0. The fraction of sp³-hybridized carbons (Fsp3) is 0.938. The highest BCUT2D eigenvalue weighted by atomic mass is 16.6. The van der Waals surface area contributed by atoms with E-state index in [4.69, 9.17) is 4.74 Å². The van der Waals surface area contributed by atoms with Crippen LogP contribution in [-0.2, 0) is 4.74 Å². The van der Waals surface area contributed by atoms with Gasteiger partial charge in [0.1, 0.15) is 0 Å². The minimum Gasteiger partial charge on any atom is -0.450 e. The molecule has 2 rings (SSSR count). The van der Waals surface area contributed by atoms with Crippen molar-refractivity contribution in [1.29, 1.82) is 0 Å². The second kappa shape index (κ2) is 6.15. The van der Waals surface area contributed by atoms with Crippen molar-refractivity contribution in [2.45, 2.75) is 83.7 Å². The van der Waals surface area contributed by atoms with Gasteiger partial charge in [-0.3, -0.25) is 4.90 Å². The van der Waals surface area contributed by atoms with Crippen LogP contribution in [0, 0.1) is 5.92 Å². The van der Waals surface area contributed by atoms with Crippen LogP contribution in [0.5, 0.6) is 0 Å². The molecule has 3 nitrogen and oxygen atoms in total. The van der Waals surface area contributed by atoms with Crippen molar-refractivity contribution in [2.75, 3.05) is 6.61 Å². The van der Waals surface area contributed by atoms with Crippen LogP contribution in [0.3, 0.4) is 0 Å². The lowest BCUT2D eigenvalue weighted by Gasteiger charge is -2.48. The quantitative estimate of drug-likeness (QED) is 0.741. The molecule has 3 heteroatoms. The van der Waals surface area contributed by atoms with E-state index in [2.05, 4.69) is 18.7 Å². The molecule has 2 aliphatic rings. The van der Waals surface area contributed by atoms with E-state index < -0.39 is 0 Å². The summed E-state index contributed by atoms with van der Waals surface area (Å²) in [7, 11) is 0. The van der Waals surface area contributed by atoms with Crippen LogP contribution in [0.4, 0.5) is 4.79 Å². The minimum atomic E-state index is -0.0562. The van der Waals surface area contributed by atoms with Crippen LogP contribution in [0.1, 0.15) is 72.1 Å². The van der Waals surface area contributed by atoms with E-state index in [0.29, 0.717) is 18.6 Å². The summed E-state index contributed by atoms with van der Waals surface area (Å²) in [6.45, 7) is 6.92. The lowest BCUT2D eigenvalue weighted by atomic mass is 9.73. The van der Waals surface area contributed by atoms with E-state index in [-0.39, 0.29) is 11.6 Å². The predicted molar refractivity (Wildman–Crippen MR) is 77.2 cm³/mol. The number of ether oxygens (including phenoxy) is 1. The lowest BCUT2D eigenvalue weighted by molar-refractivity contribution is -0.00128. The monoisotopic (exact) mass is 267 g/mol. The van der Waals surface area contributed by atoms with Gasteiger partial charge in [0.2, 0.25) is 0 Å². The average Bonchev–Trinajstić information content (AvgIpc) is 2.64. The first-order chi connectivity index (χ1) is 9.19. The van der Waals surface area contributed by atoms with Crippen molar-refractivity contribution in [3.8, 4) is 0 Å². The second-order valence-electron chi connectivity index (χ2n) is 6.15. The van der Waals surface area contributed by atoms with Gasteiger partial charge in [0.15, 0.2) is 0 Å². The van der Waals surface area contributed by atoms with Crippen molar-refractivity contribution in [2.24, 2.45) is 5.92 Å². The molecule has 0 aromatic carbocycles. The number of carbonyl (C=O) groups is 1. The van der Waals surface area contributed by atoms with Gasteiger partial charge in [-0.15, -0.1) is 0 Å². The second-order valence-corrected chi connectivity index (χ2v) is 6.15. The van der Waals surface area contributed by atoms with Crippen LogP contribution < -0.4 is 0 Å². The molecule has 0 radical (unpaired) electrons. The zero-order valence-corrected chi connectivity index (χ0v) is 12.8. The molecule has 2 aliphatic heterocycles. The van der Waals surface area contributed by atoms with Gasteiger partial charge < -0.3 is 4.74 Å². The Balaban J connectivity index is 2.25. The van der Waals surface area contributed by atoms with Crippen LogP contribution in [-0.4, -0.2) is 29.2 Å². The van der Waals surface area contributed by atoms with E-state index in [0.717, 1.165) is 0 Å². The molecule has 0 aromatic rings. The molecule has 1 amide bonds. The van der Waals surface area contributed by atoms with E-state index >= 15 is 0 Å². The zero-order valence-electron chi connectivity index (χ0n) is 12.8. The first-order valence-electron chi connectivity index (χ1n) is 8.15. The average molecular weight is 267 g/mol. The number of fused-ring (bicyclic) bond motifs is 2. The van der Waals surface area contributed by atoms with Crippen LogP contribution in [0.2, 0.25) is 0 Å². The lowest BCUT2D eigenvalue weighted by Crippen LogP contribution is -2.57. The van der Waals surface area contributed by atoms with E-state index in [1.165, 1.54) is 51.4 Å². The Labute approximate surface area is 117 Å². The molecule has 0 saturated carbocycles. The molecule has 3 unspecified atom stereocenters. The van der Waals surface area contributed by atoms with Crippen molar-refractivity contribution >= 4 is 6.09 Å². The summed E-state index contributed by atoms with van der Waals surface area (Å²) >= 11 is 0. The zero-order chi connectivity index (χ0) is 13.9. The van der Waals surface area contributed by atoms with Gasteiger partial charge in [-0.1, -0.05) is 26.7 Å². The molecule has 110 valence electrons. The Hall–Kier alpha value is -0.730. The summed E-state index contributed by atoms with van der Waals surface area (Å²) in [5.41, 5.74) is 0.111. The Morgan fingerprint density at radius 1 is 1.32 bits per heavy atom. The molecule has 19 heavy (non-hydrogen) atoms. The molecule has 0 aliphatic carbocycles. The maximum absolute atomic E-state index is 12.4. The van der Waals surface area contributed by atoms with E-state index in [1.54, 1.807) is 0 Å². The molecular weight excluding hydrogens is 238 g/mol. The molecule has 0 N–H and O–H groups in total. The summed E-state index contributed by atoms with van der Waals surface area (Å²) in [5.74, 6) is 0.646. The van der Waals surface area contributed by atoms with Gasteiger partial charge in [-0.25, -0.2) is 4.79 Å². The molecule has 2 saturated heterocycles. The fourth-order valence-electron chi connectivity index (χ4n) is 4.52. The fourth-order valence-corrected chi connectivity index (χ4v) is 4.52. The number of carbonyl (C=O) groups excluding carboxylic acids is 1. The SMILES string of the molecule is CCCC(CC)C12CCCC(CC1)N2C(=O)OCC. The number of hydrogen-bond acceptors (Lipinski definition) is 2. The third-order valence-corrected chi connectivity index (χ3v) is 5.26. The minimum absolute atomic E-state index is 0.0562. The van der Waals surface area contributed by atoms with Gasteiger partial charge in [0, 0.05) is 11.6 Å². The number of amides is 1. The summed E-state index contributed by atoms with van der Waals surface area (Å²) in [4.78, 5) is 14.5. The highest BCUT2D eigenvalue weighted by molar-refractivity contribution is 5.70. The Morgan fingerprint density at radius 2 is 2.11 bits per heavy atom. The maximum atomic E-state index is 12.4. The molecule has 3 atom stereocenters. The number of piperidine rings is 1. The maximum Gasteiger partial charge on any atom is 0.410 e. The normalized spacial score (nSPS) is 31.3. The van der Waals surface area contributed by atoms with Crippen molar-refractivity contribution in [1.82, 2.24) is 4.90 Å². The summed E-state index contributed by atoms with van der Waals surface area (Å²) in [5, 5.41) is 0. The van der Waals surface area contributed by atoms with Crippen molar-refractivity contribution < 1.29 is 9.53 Å². The van der Waals surface area contributed by atoms with Crippen LogP contribution >= 0.6 is 0 Å². The third kappa shape index (κ3) is 2.48. The first-order valence-corrected chi connectivity index (χ1v) is 8.15. The standard InChI is InChI=1S/C16H29NO2/c1-4-8-13(5-2)16-11-7-9-14(10-12-16)17(16)15(18)19-6-3/h13-14H,4-12H2,1-3H3. The summed E-state index contributed by atoms with van der Waals surface area (Å²) < 4.78 is 5.35. The highest BCUT2D eigenvalue weighted by Gasteiger charge is 2.54. The molecule has 2 heterocycles. The van der Waals surface area contributed by atoms with Gasteiger partial charge in [-0.2, -0.15) is 0 Å². The van der Waals surface area contributed by atoms with Gasteiger partial charge in [0.05, 0.1) is 6.61 Å². The van der Waals surface area contributed by atoms with Gasteiger partial charge in [-0.05, 0) is 51.4 Å². The molecule has 0 aromatic heterocycles. The number of rotatable bonds is 5. The van der Waals surface area contributed by atoms with Gasteiger partial charge in [0.25, 0.3) is 0 Å². The molecule has 2 fully saturated rings. The van der Waals surface area contributed by atoms with E-state index in [9.17, 15) is 4.79 Å². The predicted octanol–water partition coefficient (Wildman–Crippen LogP) is 4.36. The Morgan fingerprint density at radius 3 is 2.74 bits per heavy atom. The molecular formula is C16H29NO2. The first kappa shape index (κ1) is 14.7. The smallest absolute Gasteiger partial charge is 0.410 e. The van der Waals surface area contributed by atoms with Crippen LogP contribution in [0.15, 0.2) is 0 Å². The number of nitrogens with zero attached hydrogens (tertiary/aromatic N) is 1. The molecule has 2 bridgehead atoms. The Bertz CT molecular complexity index is 314. The summed E-state index contributed by atoms with van der Waals surface area (Å²) in [6, 6.07) is 0.443. The van der Waals surface area contributed by atoms with Crippen LogP contribution in [0.25, 0.3) is 0 Å². The highest BCUT2D eigenvalue weighted by Crippen LogP contribution is 2.50. The Kier molecular flexibility index (Phi) is 4.75. The topological polar surface area (TPSA) is 29.5 Å². The van der Waals surface area contributed by atoms with Crippen molar-refractivity contribution in [3.63, 3.8) is 0 Å². The molecule has 0 spiro atoms. The third-order valence-electron chi connectivity index (χ3n) is 5.26. The van der Waals surface area contributed by atoms with Crippen molar-refractivity contribution in [3.05, 3.63) is 0 Å². The van der Waals surface area contributed by atoms with E-state index in [1.807, 2.05) is 6.92 Å². The summed E-state index contributed by atoms with van der Waals surface area (Å²) in [6.07, 6.45) is 9.56.